The van der Waals surface area contributed by atoms with Crippen molar-refractivity contribution < 1.29 is 13.2 Å². The highest BCUT2D eigenvalue weighted by molar-refractivity contribution is 7.92. The van der Waals surface area contributed by atoms with Crippen LogP contribution in [0, 0.1) is 0 Å². The van der Waals surface area contributed by atoms with Crippen molar-refractivity contribution in [1.29, 1.82) is 0 Å². The summed E-state index contributed by atoms with van der Waals surface area (Å²) in [5.41, 5.74) is 2.11. The fourth-order valence-corrected chi connectivity index (χ4v) is 4.76. The first kappa shape index (κ1) is 19.4. The second-order valence-electron chi connectivity index (χ2n) is 6.90. The Morgan fingerprint density at radius 3 is 2.70 bits per heavy atom. The van der Waals surface area contributed by atoms with Gasteiger partial charge in [-0.05, 0) is 56.8 Å². The van der Waals surface area contributed by atoms with E-state index in [0.29, 0.717) is 25.2 Å². The number of rotatable bonds is 6. The molecule has 0 radical (unpaired) electrons. The van der Waals surface area contributed by atoms with E-state index in [1.165, 1.54) is 10.4 Å². The van der Waals surface area contributed by atoms with Crippen LogP contribution in [0.4, 0.5) is 5.69 Å². The van der Waals surface area contributed by atoms with Crippen LogP contribution in [0.15, 0.2) is 53.4 Å². The molecule has 3 rings (SSSR count). The zero-order valence-electron chi connectivity index (χ0n) is 15.7. The van der Waals surface area contributed by atoms with Crippen LogP contribution < -0.4 is 9.62 Å². The number of likely N-dealkylation sites (N-methyl/N-ethyl adjacent to an activating group) is 1. The minimum absolute atomic E-state index is 0.138. The number of carbonyl (C=O) groups is 1. The molecule has 27 heavy (non-hydrogen) atoms. The molecule has 0 spiro atoms. The van der Waals surface area contributed by atoms with Crippen molar-refractivity contribution >= 4 is 21.6 Å². The summed E-state index contributed by atoms with van der Waals surface area (Å²) in [6, 6.07) is 13.8. The van der Waals surface area contributed by atoms with Gasteiger partial charge in [0, 0.05) is 25.2 Å². The summed E-state index contributed by atoms with van der Waals surface area (Å²) in [7, 11) is 0.133. The van der Waals surface area contributed by atoms with E-state index in [-0.39, 0.29) is 10.8 Å². The van der Waals surface area contributed by atoms with Gasteiger partial charge in [0.1, 0.15) is 0 Å². The lowest BCUT2D eigenvalue weighted by Crippen LogP contribution is -2.35. The van der Waals surface area contributed by atoms with Gasteiger partial charge in [0.15, 0.2) is 0 Å². The van der Waals surface area contributed by atoms with Gasteiger partial charge in [0.25, 0.3) is 15.9 Å². The summed E-state index contributed by atoms with van der Waals surface area (Å²) in [6.45, 7) is 1.66. The van der Waals surface area contributed by atoms with Crippen LogP contribution in [0.1, 0.15) is 22.3 Å². The van der Waals surface area contributed by atoms with Gasteiger partial charge in [-0.2, -0.15) is 0 Å². The van der Waals surface area contributed by atoms with E-state index in [2.05, 4.69) is 5.32 Å². The molecule has 7 heteroatoms. The molecule has 1 heterocycles. The van der Waals surface area contributed by atoms with Crippen molar-refractivity contribution in [3.8, 4) is 0 Å². The summed E-state index contributed by atoms with van der Waals surface area (Å²) in [5, 5.41) is 2.82. The summed E-state index contributed by atoms with van der Waals surface area (Å²) in [6.07, 6.45) is 1.65. The van der Waals surface area contributed by atoms with Crippen molar-refractivity contribution in [3.63, 3.8) is 0 Å². The molecule has 0 aromatic heterocycles. The molecule has 0 atom stereocenters. The maximum atomic E-state index is 13.2. The average Bonchev–Trinajstić information content (AvgIpc) is 2.67. The molecule has 1 amide bonds. The Hall–Kier alpha value is -2.38. The maximum Gasteiger partial charge on any atom is 0.264 e. The van der Waals surface area contributed by atoms with Gasteiger partial charge in [0.2, 0.25) is 0 Å². The van der Waals surface area contributed by atoms with Gasteiger partial charge < -0.3 is 10.2 Å². The topological polar surface area (TPSA) is 69.7 Å². The molecule has 1 aliphatic heterocycles. The lowest BCUT2D eigenvalue weighted by atomic mass is 10.0. The van der Waals surface area contributed by atoms with E-state index < -0.39 is 10.0 Å². The van der Waals surface area contributed by atoms with Gasteiger partial charge in [-0.3, -0.25) is 9.10 Å². The van der Waals surface area contributed by atoms with Crippen LogP contribution in [0.5, 0.6) is 0 Å². The highest BCUT2D eigenvalue weighted by Crippen LogP contribution is 2.31. The van der Waals surface area contributed by atoms with Gasteiger partial charge >= 0.3 is 0 Å². The summed E-state index contributed by atoms with van der Waals surface area (Å²) in [4.78, 5) is 14.4. The molecule has 1 aliphatic rings. The number of amides is 1. The Morgan fingerprint density at radius 1 is 1.15 bits per heavy atom. The molecule has 2 aromatic carbocycles. The van der Waals surface area contributed by atoms with Crippen LogP contribution in [0.2, 0.25) is 0 Å². The average molecular weight is 388 g/mol. The number of para-hydroxylation sites is 1. The smallest absolute Gasteiger partial charge is 0.264 e. The molecule has 0 saturated heterocycles. The number of hydrogen-bond acceptors (Lipinski definition) is 4. The zero-order valence-corrected chi connectivity index (χ0v) is 16.5. The molecule has 6 nitrogen and oxygen atoms in total. The summed E-state index contributed by atoms with van der Waals surface area (Å²) in [5.74, 6) is -0.270. The largest absolute Gasteiger partial charge is 0.351 e. The number of nitrogens with zero attached hydrogens (tertiary/aromatic N) is 2. The van der Waals surface area contributed by atoms with Crippen LogP contribution in [0.25, 0.3) is 0 Å². The summed E-state index contributed by atoms with van der Waals surface area (Å²) >= 11 is 0. The zero-order chi connectivity index (χ0) is 19.4. The normalized spacial score (nSPS) is 14.1. The Kier molecular flexibility index (Phi) is 5.82. The molecule has 144 valence electrons. The number of hydrogen-bond donors (Lipinski definition) is 1. The van der Waals surface area contributed by atoms with E-state index in [9.17, 15) is 13.2 Å². The number of anilines is 1. The number of benzene rings is 2. The van der Waals surface area contributed by atoms with Crippen LogP contribution in [-0.2, 0) is 16.4 Å². The molecular weight excluding hydrogens is 362 g/mol. The SMILES string of the molecule is CN(C)CCNC(=O)c1cccc(S(=O)(=O)N2CCCc3ccccc32)c1. The van der Waals surface area contributed by atoms with Gasteiger partial charge in [-0.15, -0.1) is 0 Å². The lowest BCUT2D eigenvalue weighted by molar-refractivity contribution is 0.0951. The van der Waals surface area contributed by atoms with E-state index in [4.69, 9.17) is 0 Å². The van der Waals surface area contributed by atoms with Gasteiger partial charge in [0.05, 0.1) is 10.6 Å². The molecular formula is C20H25N3O3S. The number of fused-ring (bicyclic) bond motifs is 1. The third kappa shape index (κ3) is 4.31. The van der Waals surface area contributed by atoms with Crippen molar-refractivity contribution in [2.24, 2.45) is 0 Å². The predicted octanol–water partition coefficient (Wildman–Crippen LogP) is 2.12. The van der Waals surface area contributed by atoms with Gasteiger partial charge in [-0.1, -0.05) is 24.3 Å². The number of nitrogens with one attached hydrogen (secondary N) is 1. The number of sulfonamides is 1. The third-order valence-corrected chi connectivity index (χ3v) is 6.41. The Bertz CT molecular complexity index is 926. The number of carbonyl (C=O) groups excluding carboxylic acids is 1. The first-order chi connectivity index (χ1) is 12.9. The standard InChI is InChI=1S/C20H25N3O3S/c1-22(2)14-12-21-20(24)17-8-5-10-18(15-17)27(25,26)23-13-6-9-16-7-3-4-11-19(16)23/h3-5,7-8,10-11,15H,6,9,12-14H2,1-2H3,(H,21,24). The fourth-order valence-electron chi connectivity index (χ4n) is 3.17. The first-order valence-corrected chi connectivity index (χ1v) is 10.5. The van der Waals surface area contributed by atoms with Crippen molar-refractivity contribution in [2.75, 3.05) is 38.0 Å². The Labute approximate surface area is 160 Å². The van der Waals surface area contributed by atoms with E-state index in [1.54, 1.807) is 18.2 Å². The van der Waals surface area contributed by atoms with Crippen molar-refractivity contribution in [1.82, 2.24) is 10.2 Å². The lowest BCUT2D eigenvalue weighted by Gasteiger charge is -2.30. The molecule has 2 aromatic rings. The van der Waals surface area contributed by atoms with E-state index in [1.807, 2.05) is 43.3 Å². The minimum atomic E-state index is -3.72. The van der Waals surface area contributed by atoms with Crippen LogP contribution in [0.3, 0.4) is 0 Å². The minimum Gasteiger partial charge on any atom is -0.351 e. The monoisotopic (exact) mass is 387 g/mol. The van der Waals surface area contributed by atoms with Crippen LogP contribution in [-0.4, -0.2) is 53.0 Å². The summed E-state index contributed by atoms with van der Waals surface area (Å²) < 4.78 is 27.9. The highest BCUT2D eigenvalue weighted by atomic mass is 32.2. The Balaban J connectivity index is 1.85. The Morgan fingerprint density at radius 2 is 1.93 bits per heavy atom. The van der Waals surface area contributed by atoms with Crippen molar-refractivity contribution in [2.45, 2.75) is 17.7 Å². The molecule has 0 fully saturated rings. The van der Waals surface area contributed by atoms with E-state index in [0.717, 1.165) is 24.1 Å². The molecule has 0 bridgehead atoms. The molecule has 0 aliphatic carbocycles. The molecule has 0 unspecified atom stereocenters. The predicted molar refractivity (Wildman–Crippen MR) is 107 cm³/mol. The van der Waals surface area contributed by atoms with E-state index >= 15 is 0 Å². The van der Waals surface area contributed by atoms with Crippen molar-refractivity contribution in [3.05, 3.63) is 59.7 Å². The van der Waals surface area contributed by atoms with Crippen LogP contribution >= 0.6 is 0 Å². The quantitative estimate of drug-likeness (QED) is 0.824. The second-order valence-corrected chi connectivity index (χ2v) is 8.76. The second kappa shape index (κ2) is 8.10. The first-order valence-electron chi connectivity index (χ1n) is 9.03. The van der Waals surface area contributed by atoms with Gasteiger partial charge in [-0.25, -0.2) is 8.42 Å². The maximum absolute atomic E-state index is 13.2. The fraction of sp³-hybridized carbons (Fsp3) is 0.350. The number of aryl methyl sites for hydroxylation is 1. The molecule has 1 N–H and O–H groups in total. The third-order valence-electron chi connectivity index (χ3n) is 4.60. The molecule has 0 saturated carbocycles. The highest BCUT2D eigenvalue weighted by Gasteiger charge is 2.29.